The zero-order valence-corrected chi connectivity index (χ0v) is 13.8. The number of H-pyrrole nitrogens is 1. The molecule has 1 N–H and O–H groups in total. The highest BCUT2D eigenvalue weighted by atomic mass is 79.9. The molecule has 0 radical (unpaired) electrons. The third-order valence-electron chi connectivity index (χ3n) is 3.64. The second kappa shape index (κ2) is 5.04. The number of nitrogens with one attached hydrogen (secondary N) is 1. The van der Waals surface area contributed by atoms with Gasteiger partial charge in [-0.05, 0) is 47.1 Å². The molecule has 5 nitrogen and oxygen atoms in total. The summed E-state index contributed by atoms with van der Waals surface area (Å²) >= 11 is 3.36. The van der Waals surface area contributed by atoms with Crippen molar-refractivity contribution in [1.29, 1.82) is 0 Å². The molecule has 0 amide bonds. The van der Waals surface area contributed by atoms with Gasteiger partial charge in [-0.2, -0.15) is 18.3 Å². The van der Waals surface area contributed by atoms with E-state index in [1.54, 1.807) is 31.3 Å². The molecule has 0 spiro atoms. The number of hydrogen-bond acceptors (Lipinski definition) is 3. The predicted octanol–water partition coefficient (Wildman–Crippen LogP) is 4.39. The highest BCUT2D eigenvalue weighted by Crippen LogP contribution is 2.35. The van der Waals surface area contributed by atoms with Crippen LogP contribution in [-0.2, 0) is 6.18 Å². The standard InChI is InChI=1S/C15H9BrF3N5/c1-7-2-3-11-13(21-7)24(14(22-11)15(17,18)19)9-4-8-6-20-23-12(8)10(16)5-9/h2-6H,1H3,(H,20,23). The van der Waals surface area contributed by atoms with Crippen LogP contribution in [0.2, 0.25) is 0 Å². The van der Waals surface area contributed by atoms with Crippen LogP contribution in [0.15, 0.2) is 34.9 Å². The van der Waals surface area contributed by atoms with Gasteiger partial charge < -0.3 is 0 Å². The van der Waals surface area contributed by atoms with E-state index >= 15 is 0 Å². The lowest BCUT2D eigenvalue weighted by Gasteiger charge is -2.12. The molecule has 0 aliphatic heterocycles. The Balaban J connectivity index is 2.11. The van der Waals surface area contributed by atoms with Gasteiger partial charge in [0.2, 0.25) is 5.82 Å². The van der Waals surface area contributed by atoms with Crippen LogP contribution in [0.1, 0.15) is 11.5 Å². The summed E-state index contributed by atoms with van der Waals surface area (Å²) in [6.07, 6.45) is -3.05. The number of aryl methyl sites for hydroxylation is 1. The van der Waals surface area contributed by atoms with Crippen LogP contribution in [0.3, 0.4) is 0 Å². The monoisotopic (exact) mass is 395 g/mol. The normalized spacial score (nSPS) is 12.4. The van der Waals surface area contributed by atoms with E-state index in [-0.39, 0.29) is 11.2 Å². The number of aromatic amines is 1. The van der Waals surface area contributed by atoms with Crippen LogP contribution >= 0.6 is 15.9 Å². The number of alkyl halides is 3. The summed E-state index contributed by atoms with van der Waals surface area (Å²) in [5.41, 5.74) is 1.99. The van der Waals surface area contributed by atoms with Gasteiger partial charge >= 0.3 is 6.18 Å². The topological polar surface area (TPSA) is 59.4 Å². The molecule has 122 valence electrons. The van der Waals surface area contributed by atoms with Crippen LogP contribution in [-0.4, -0.2) is 24.7 Å². The van der Waals surface area contributed by atoms with Gasteiger partial charge in [0.15, 0.2) is 5.65 Å². The molecule has 0 aliphatic rings. The predicted molar refractivity (Wildman–Crippen MR) is 86.0 cm³/mol. The first-order chi connectivity index (χ1) is 11.3. The van der Waals surface area contributed by atoms with Gasteiger partial charge in [-0.15, -0.1) is 0 Å². The third-order valence-corrected chi connectivity index (χ3v) is 4.27. The van der Waals surface area contributed by atoms with Crippen molar-refractivity contribution in [1.82, 2.24) is 24.7 Å². The number of imidazole rings is 1. The van der Waals surface area contributed by atoms with E-state index in [1.165, 1.54) is 6.07 Å². The number of fused-ring (bicyclic) bond motifs is 2. The minimum absolute atomic E-state index is 0.164. The summed E-state index contributed by atoms with van der Waals surface area (Å²) in [6, 6.07) is 6.37. The molecule has 1 aromatic carbocycles. The lowest BCUT2D eigenvalue weighted by atomic mass is 10.2. The highest BCUT2D eigenvalue weighted by Gasteiger charge is 2.38. The van der Waals surface area contributed by atoms with Crippen LogP contribution in [0.4, 0.5) is 13.2 Å². The second-order valence-electron chi connectivity index (χ2n) is 5.33. The van der Waals surface area contributed by atoms with Gasteiger partial charge in [0.25, 0.3) is 0 Å². The molecule has 0 bridgehead atoms. The lowest BCUT2D eigenvalue weighted by molar-refractivity contribution is -0.145. The first kappa shape index (κ1) is 15.1. The van der Waals surface area contributed by atoms with E-state index in [0.29, 0.717) is 26.8 Å². The van der Waals surface area contributed by atoms with Crippen molar-refractivity contribution in [2.24, 2.45) is 0 Å². The van der Waals surface area contributed by atoms with Gasteiger partial charge in [-0.1, -0.05) is 0 Å². The molecule has 3 heterocycles. The van der Waals surface area contributed by atoms with Crippen LogP contribution in [0.25, 0.3) is 27.8 Å². The number of pyridine rings is 1. The Hall–Kier alpha value is -2.42. The summed E-state index contributed by atoms with van der Waals surface area (Å²) in [5.74, 6) is -1.01. The number of nitrogens with zero attached hydrogens (tertiary/aromatic N) is 4. The van der Waals surface area contributed by atoms with Crippen LogP contribution in [0.5, 0.6) is 0 Å². The fourth-order valence-corrected chi connectivity index (χ4v) is 3.17. The third kappa shape index (κ3) is 2.27. The van der Waals surface area contributed by atoms with Crippen molar-refractivity contribution in [3.05, 3.63) is 46.5 Å². The van der Waals surface area contributed by atoms with Crippen LogP contribution in [0, 0.1) is 6.92 Å². The first-order valence-corrected chi connectivity index (χ1v) is 7.70. The fourth-order valence-electron chi connectivity index (χ4n) is 2.61. The summed E-state index contributed by atoms with van der Waals surface area (Å²) in [5, 5.41) is 7.39. The number of rotatable bonds is 1. The van der Waals surface area contributed by atoms with E-state index in [1.807, 2.05) is 0 Å². The molecule has 4 aromatic rings. The number of benzene rings is 1. The first-order valence-electron chi connectivity index (χ1n) is 6.91. The number of halogens is 4. The van der Waals surface area contributed by atoms with Crippen molar-refractivity contribution in [2.75, 3.05) is 0 Å². The zero-order chi connectivity index (χ0) is 17.1. The van der Waals surface area contributed by atoms with Crippen LogP contribution < -0.4 is 0 Å². The maximum absolute atomic E-state index is 13.5. The molecule has 0 fully saturated rings. The minimum atomic E-state index is -4.60. The quantitative estimate of drug-likeness (QED) is 0.519. The summed E-state index contributed by atoms with van der Waals surface area (Å²) in [4.78, 5) is 7.98. The molecule has 9 heteroatoms. The Morgan fingerprint density at radius 1 is 1.17 bits per heavy atom. The van der Waals surface area contributed by atoms with Crippen molar-refractivity contribution in [3.63, 3.8) is 0 Å². The summed E-state index contributed by atoms with van der Waals surface area (Å²) in [6.45, 7) is 1.72. The molecule has 0 saturated heterocycles. The van der Waals surface area contributed by atoms with E-state index < -0.39 is 12.0 Å². The van der Waals surface area contributed by atoms with Gasteiger partial charge in [0, 0.05) is 15.6 Å². The van der Waals surface area contributed by atoms with Gasteiger partial charge in [0.05, 0.1) is 17.4 Å². The van der Waals surface area contributed by atoms with Crippen molar-refractivity contribution in [2.45, 2.75) is 13.1 Å². The van der Waals surface area contributed by atoms with Crippen molar-refractivity contribution in [3.8, 4) is 5.69 Å². The molecule has 24 heavy (non-hydrogen) atoms. The lowest BCUT2D eigenvalue weighted by Crippen LogP contribution is -2.14. The molecule has 0 atom stereocenters. The second-order valence-corrected chi connectivity index (χ2v) is 6.18. The Labute approximate surface area is 141 Å². The SMILES string of the molecule is Cc1ccc2nc(C(F)(F)F)n(-c3cc(Br)c4[nH]ncc4c3)c2n1. The molecule has 3 aromatic heterocycles. The number of aromatic nitrogens is 5. The van der Waals surface area contributed by atoms with E-state index in [9.17, 15) is 13.2 Å². The zero-order valence-electron chi connectivity index (χ0n) is 12.2. The average Bonchev–Trinajstić information content (AvgIpc) is 3.10. The Morgan fingerprint density at radius 3 is 2.71 bits per heavy atom. The van der Waals surface area contributed by atoms with Crippen molar-refractivity contribution < 1.29 is 13.2 Å². The maximum atomic E-state index is 13.5. The highest BCUT2D eigenvalue weighted by molar-refractivity contribution is 9.10. The van der Waals surface area contributed by atoms with Gasteiger partial charge in [0.1, 0.15) is 5.52 Å². The van der Waals surface area contributed by atoms with Crippen molar-refractivity contribution >= 4 is 38.0 Å². The van der Waals surface area contributed by atoms with E-state index in [2.05, 4.69) is 36.1 Å². The summed E-state index contributed by atoms with van der Waals surface area (Å²) < 4.78 is 42.1. The molecular weight excluding hydrogens is 387 g/mol. The van der Waals surface area contributed by atoms with E-state index in [0.717, 1.165) is 4.57 Å². The average molecular weight is 396 g/mol. The molecule has 0 saturated carbocycles. The Kier molecular flexibility index (Phi) is 3.17. The largest absolute Gasteiger partial charge is 0.450 e. The molecule has 0 unspecified atom stereocenters. The van der Waals surface area contributed by atoms with Gasteiger partial charge in [-0.3, -0.25) is 9.67 Å². The molecular formula is C15H9BrF3N5. The minimum Gasteiger partial charge on any atom is -0.277 e. The van der Waals surface area contributed by atoms with Gasteiger partial charge in [-0.25, -0.2) is 9.97 Å². The molecule has 4 rings (SSSR count). The summed E-state index contributed by atoms with van der Waals surface area (Å²) in [7, 11) is 0. The van der Waals surface area contributed by atoms with E-state index in [4.69, 9.17) is 0 Å². The molecule has 0 aliphatic carbocycles. The Morgan fingerprint density at radius 2 is 1.96 bits per heavy atom. The maximum Gasteiger partial charge on any atom is 0.450 e. The fraction of sp³-hybridized carbons (Fsp3) is 0.133. The Bertz CT molecular complexity index is 1080. The number of hydrogen-bond donors (Lipinski definition) is 1. The smallest absolute Gasteiger partial charge is 0.277 e.